The van der Waals surface area contributed by atoms with Gasteiger partial charge in [-0.3, -0.25) is 10.1 Å². The second-order valence-electron chi connectivity index (χ2n) is 7.73. The molecular weight excluding hydrogens is 376 g/mol. The normalized spacial score (nSPS) is 15.1. The van der Waals surface area contributed by atoms with E-state index in [1.807, 2.05) is 48.6 Å². The van der Waals surface area contributed by atoms with E-state index in [0.717, 1.165) is 47.2 Å². The van der Waals surface area contributed by atoms with Gasteiger partial charge in [-0.25, -0.2) is 9.98 Å². The van der Waals surface area contributed by atoms with Crippen molar-refractivity contribution in [2.45, 2.75) is 6.42 Å². The van der Waals surface area contributed by atoms with Crippen LogP contribution in [0.25, 0.3) is 28.2 Å². The van der Waals surface area contributed by atoms with Crippen molar-refractivity contribution in [2.75, 3.05) is 34.2 Å². The van der Waals surface area contributed by atoms with Crippen molar-refractivity contribution in [3.05, 3.63) is 60.1 Å². The molecule has 0 unspecified atom stereocenters. The second-order valence-corrected chi connectivity index (χ2v) is 7.73. The van der Waals surface area contributed by atoms with Gasteiger partial charge in [-0.15, -0.1) is 0 Å². The van der Waals surface area contributed by atoms with E-state index < -0.39 is 0 Å². The molecular formula is C23H26N6O. The summed E-state index contributed by atoms with van der Waals surface area (Å²) in [7, 11) is 6.05. The largest absolute Gasteiger partial charge is 0.346 e. The van der Waals surface area contributed by atoms with Crippen LogP contribution >= 0.6 is 0 Å². The number of fused-ring (bicyclic) bond motifs is 1. The number of carbonyl (C=O) groups is 1. The molecule has 154 valence electrons. The van der Waals surface area contributed by atoms with Crippen LogP contribution in [-0.4, -0.2) is 65.9 Å². The molecule has 2 aromatic heterocycles. The number of hydrogen-bond acceptors (Lipinski definition) is 5. The minimum absolute atomic E-state index is 0.189. The molecule has 1 aliphatic heterocycles. The average Bonchev–Trinajstić information content (AvgIpc) is 3.32. The molecule has 0 radical (unpaired) electrons. The summed E-state index contributed by atoms with van der Waals surface area (Å²) in [6.45, 7) is 1.81. The Morgan fingerprint density at radius 3 is 2.63 bits per heavy atom. The van der Waals surface area contributed by atoms with Crippen LogP contribution in [0, 0.1) is 0 Å². The van der Waals surface area contributed by atoms with E-state index in [2.05, 4.69) is 57.5 Å². The predicted octanol–water partition coefficient (Wildman–Crippen LogP) is 2.94. The van der Waals surface area contributed by atoms with Crippen LogP contribution in [0.15, 0.2) is 59.5 Å². The lowest BCUT2D eigenvalue weighted by molar-refractivity contribution is -0.115. The van der Waals surface area contributed by atoms with Crippen molar-refractivity contribution >= 4 is 29.0 Å². The Hall–Kier alpha value is -3.45. The quantitative estimate of drug-likeness (QED) is 0.622. The molecule has 0 fully saturated rings. The Balaban J connectivity index is 1.59. The summed E-state index contributed by atoms with van der Waals surface area (Å²) in [4.78, 5) is 28.8. The van der Waals surface area contributed by atoms with Gasteiger partial charge in [0.05, 0.1) is 0 Å². The molecule has 0 bridgehead atoms. The van der Waals surface area contributed by atoms with Crippen molar-refractivity contribution in [2.24, 2.45) is 4.99 Å². The Kier molecular flexibility index (Phi) is 5.63. The molecule has 30 heavy (non-hydrogen) atoms. The highest BCUT2D eigenvalue weighted by atomic mass is 16.2. The minimum atomic E-state index is -0.189. The van der Waals surface area contributed by atoms with Crippen LogP contribution in [-0.2, 0) is 4.79 Å². The Morgan fingerprint density at radius 2 is 1.87 bits per heavy atom. The van der Waals surface area contributed by atoms with E-state index >= 15 is 0 Å². The summed E-state index contributed by atoms with van der Waals surface area (Å²) in [5.41, 5.74) is 4.20. The van der Waals surface area contributed by atoms with Crippen molar-refractivity contribution in [1.29, 1.82) is 0 Å². The summed E-state index contributed by atoms with van der Waals surface area (Å²) < 4.78 is 0. The van der Waals surface area contributed by atoms with Gasteiger partial charge in [0.15, 0.2) is 0 Å². The third-order valence-electron chi connectivity index (χ3n) is 5.11. The van der Waals surface area contributed by atoms with Gasteiger partial charge < -0.3 is 14.8 Å². The van der Waals surface area contributed by atoms with E-state index in [9.17, 15) is 4.79 Å². The Morgan fingerprint density at radius 1 is 1.07 bits per heavy atom. The van der Waals surface area contributed by atoms with E-state index in [1.54, 1.807) is 0 Å². The number of guanidine groups is 1. The lowest BCUT2D eigenvalue weighted by atomic mass is 10.1. The summed E-state index contributed by atoms with van der Waals surface area (Å²) in [6.07, 6.45) is 6.52. The van der Waals surface area contributed by atoms with Crippen LogP contribution in [0.2, 0.25) is 0 Å². The number of amides is 1. The van der Waals surface area contributed by atoms with Crippen LogP contribution in [0.4, 0.5) is 0 Å². The molecule has 0 saturated heterocycles. The molecule has 0 saturated carbocycles. The lowest BCUT2D eigenvalue weighted by Gasteiger charge is -2.19. The summed E-state index contributed by atoms with van der Waals surface area (Å²) >= 11 is 0. The fraction of sp³-hybridized carbons (Fsp3) is 0.261. The third-order valence-corrected chi connectivity index (χ3v) is 5.11. The van der Waals surface area contributed by atoms with E-state index in [-0.39, 0.29) is 5.91 Å². The molecule has 2 N–H and O–H groups in total. The van der Waals surface area contributed by atoms with Gasteiger partial charge in [0.25, 0.3) is 5.91 Å². The van der Waals surface area contributed by atoms with E-state index in [0.29, 0.717) is 11.7 Å². The first-order valence-corrected chi connectivity index (χ1v) is 10.0. The number of aliphatic imine (C=N–C) groups is 1. The number of hydrogen-bond donors (Lipinski definition) is 2. The standard InChI is InChI=1S/C23H26N6O/c1-28(2)10-7-11-29(3)23-26-20(22(30)27-23)13-18-15-25-21-19(18)12-17(14-24-21)16-8-5-4-6-9-16/h4-6,8-9,12-15H,7,10-11H2,1-3H3,(H,24,25)(H,26,27,30)/b20-13-. The van der Waals surface area contributed by atoms with E-state index in [1.165, 1.54) is 0 Å². The average molecular weight is 403 g/mol. The van der Waals surface area contributed by atoms with Gasteiger partial charge >= 0.3 is 0 Å². The number of aromatic nitrogens is 2. The number of benzene rings is 1. The SMILES string of the molecule is CN(C)CCCN(C)C1=N/C(=C\c2c[nH]c3ncc(-c4ccccc4)cc23)C(=O)N1. The van der Waals surface area contributed by atoms with Gasteiger partial charge in [0, 0.05) is 42.5 Å². The number of rotatable bonds is 6. The first-order chi connectivity index (χ1) is 14.5. The third kappa shape index (κ3) is 4.26. The zero-order valence-corrected chi connectivity index (χ0v) is 17.5. The lowest BCUT2D eigenvalue weighted by Crippen LogP contribution is -2.38. The minimum Gasteiger partial charge on any atom is -0.346 e. The summed E-state index contributed by atoms with van der Waals surface area (Å²) in [6, 6.07) is 12.2. The number of aromatic amines is 1. The van der Waals surface area contributed by atoms with Gasteiger partial charge in [-0.05, 0) is 44.8 Å². The van der Waals surface area contributed by atoms with Crippen LogP contribution in [0.3, 0.4) is 0 Å². The highest BCUT2D eigenvalue weighted by Gasteiger charge is 2.23. The molecule has 3 aromatic rings. The molecule has 7 heteroatoms. The Bertz CT molecular complexity index is 1110. The zero-order valence-electron chi connectivity index (χ0n) is 17.5. The van der Waals surface area contributed by atoms with Gasteiger partial charge in [-0.2, -0.15) is 0 Å². The number of pyridine rings is 1. The number of carbonyl (C=O) groups excluding carboxylic acids is 1. The van der Waals surface area contributed by atoms with Crippen molar-refractivity contribution < 1.29 is 4.79 Å². The van der Waals surface area contributed by atoms with Crippen LogP contribution < -0.4 is 5.32 Å². The number of H-pyrrole nitrogens is 1. The molecule has 1 aliphatic rings. The van der Waals surface area contributed by atoms with Gasteiger partial charge in [-0.1, -0.05) is 30.3 Å². The maximum Gasteiger partial charge on any atom is 0.276 e. The van der Waals surface area contributed by atoms with Crippen LogP contribution in [0.5, 0.6) is 0 Å². The topological polar surface area (TPSA) is 76.6 Å². The first-order valence-electron chi connectivity index (χ1n) is 10.0. The Labute approximate surface area is 176 Å². The monoisotopic (exact) mass is 402 g/mol. The van der Waals surface area contributed by atoms with Gasteiger partial charge in [0.1, 0.15) is 11.3 Å². The smallest absolute Gasteiger partial charge is 0.276 e. The fourth-order valence-corrected chi connectivity index (χ4v) is 3.45. The molecule has 1 amide bonds. The van der Waals surface area contributed by atoms with Crippen molar-refractivity contribution in [3.63, 3.8) is 0 Å². The molecule has 7 nitrogen and oxygen atoms in total. The summed E-state index contributed by atoms with van der Waals surface area (Å²) in [5, 5.41) is 3.83. The highest BCUT2D eigenvalue weighted by Crippen LogP contribution is 2.26. The molecule has 0 aliphatic carbocycles. The van der Waals surface area contributed by atoms with Crippen molar-refractivity contribution in [3.8, 4) is 11.1 Å². The van der Waals surface area contributed by atoms with Crippen LogP contribution in [0.1, 0.15) is 12.0 Å². The van der Waals surface area contributed by atoms with E-state index in [4.69, 9.17) is 0 Å². The molecule has 4 rings (SSSR count). The molecule has 1 aromatic carbocycles. The second kappa shape index (κ2) is 8.51. The highest BCUT2D eigenvalue weighted by molar-refractivity contribution is 6.14. The predicted molar refractivity (Wildman–Crippen MR) is 121 cm³/mol. The maximum absolute atomic E-state index is 12.5. The molecule has 0 spiro atoms. The van der Waals surface area contributed by atoms with Gasteiger partial charge in [0.2, 0.25) is 5.96 Å². The zero-order chi connectivity index (χ0) is 21.1. The first kappa shape index (κ1) is 19.8. The maximum atomic E-state index is 12.5. The molecule has 0 atom stereocenters. The number of nitrogens with zero attached hydrogens (tertiary/aromatic N) is 4. The summed E-state index contributed by atoms with van der Waals surface area (Å²) in [5.74, 6) is 0.402. The van der Waals surface area contributed by atoms with Crippen molar-refractivity contribution in [1.82, 2.24) is 25.1 Å². The molecule has 3 heterocycles. The number of nitrogens with one attached hydrogen (secondary N) is 2. The fourth-order valence-electron chi connectivity index (χ4n) is 3.45.